The smallest absolute Gasteiger partial charge is 0.257 e. The Morgan fingerprint density at radius 3 is 2.42 bits per heavy atom. The summed E-state index contributed by atoms with van der Waals surface area (Å²) in [5.41, 5.74) is 1.59. The molecule has 0 aromatic heterocycles. The highest BCUT2D eigenvalue weighted by Gasteiger charge is 2.37. The van der Waals surface area contributed by atoms with Crippen LogP contribution in [-0.2, 0) is 4.79 Å². The molecule has 33 heavy (non-hydrogen) atoms. The maximum absolute atomic E-state index is 14.0. The lowest BCUT2D eigenvalue weighted by Gasteiger charge is -2.40. The molecule has 1 N–H and O–H groups in total. The van der Waals surface area contributed by atoms with Gasteiger partial charge in [0.1, 0.15) is 11.6 Å². The van der Waals surface area contributed by atoms with Crippen LogP contribution in [0.2, 0.25) is 0 Å². The summed E-state index contributed by atoms with van der Waals surface area (Å²) < 4.78 is 19.3. The molecule has 0 bridgehead atoms. The minimum absolute atomic E-state index is 0.0518. The zero-order valence-electron chi connectivity index (χ0n) is 19.4. The minimum Gasteiger partial charge on any atom is -0.496 e. The van der Waals surface area contributed by atoms with E-state index in [2.05, 4.69) is 10.2 Å². The zero-order valence-corrected chi connectivity index (χ0v) is 19.4. The Morgan fingerprint density at radius 2 is 1.76 bits per heavy atom. The van der Waals surface area contributed by atoms with Crippen molar-refractivity contribution in [3.63, 3.8) is 0 Å². The van der Waals surface area contributed by atoms with Gasteiger partial charge in [0, 0.05) is 31.9 Å². The molecular weight excluding hydrogens is 421 g/mol. The van der Waals surface area contributed by atoms with Crippen molar-refractivity contribution in [2.24, 2.45) is 5.92 Å². The Bertz CT molecular complexity index is 998. The number of anilines is 1. The van der Waals surface area contributed by atoms with Crippen molar-refractivity contribution < 1.29 is 18.7 Å². The van der Waals surface area contributed by atoms with Gasteiger partial charge < -0.3 is 15.0 Å². The number of halogens is 1. The van der Waals surface area contributed by atoms with Gasteiger partial charge in [-0.1, -0.05) is 31.0 Å². The Kier molecular flexibility index (Phi) is 7.28. The van der Waals surface area contributed by atoms with Crippen LogP contribution in [0, 0.1) is 18.7 Å². The van der Waals surface area contributed by atoms with Crippen LogP contribution in [0.15, 0.2) is 42.5 Å². The fourth-order valence-electron chi connectivity index (χ4n) is 5.03. The van der Waals surface area contributed by atoms with E-state index in [1.807, 2.05) is 17.0 Å². The van der Waals surface area contributed by atoms with Gasteiger partial charge in [-0.15, -0.1) is 0 Å². The van der Waals surface area contributed by atoms with Crippen LogP contribution in [0.1, 0.15) is 41.6 Å². The average Bonchev–Trinajstić information content (AvgIpc) is 3.36. The predicted octanol–water partition coefficient (Wildman–Crippen LogP) is 4.10. The SMILES string of the molecule is COc1ccccc1C(=O)N1CCN(C(C(=O)Nc2ccc(C)c(F)c2)C2CCCC2)CC1. The molecule has 0 radical (unpaired) electrons. The van der Waals surface area contributed by atoms with Crippen LogP contribution in [0.3, 0.4) is 0 Å². The number of methoxy groups -OCH3 is 1. The number of rotatable bonds is 6. The summed E-state index contributed by atoms with van der Waals surface area (Å²) in [5, 5.41) is 2.94. The highest BCUT2D eigenvalue weighted by Crippen LogP contribution is 2.32. The molecule has 1 aliphatic carbocycles. The summed E-state index contributed by atoms with van der Waals surface area (Å²) in [5.74, 6) is 0.377. The summed E-state index contributed by atoms with van der Waals surface area (Å²) in [6.45, 7) is 4.04. The van der Waals surface area contributed by atoms with Crippen LogP contribution in [-0.4, -0.2) is 60.9 Å². The van der Waals surface area contributed by atoms with E-state index in [0.29, 0.717) is 48.7 Å². The number of nitrogens with zero attached hydrogens (tertiary/aromatic N) is 2. The van der Waals surface area contributed by atoms with Crippen molar-refractivity contribution in [2.75, 3.05) is 38.6 Å². The normalized spacial score (nSPS) is 18.2. The maximum Gasteiger partial charge on any atom is 0.257 e. The molecular formula is C26H32FN3O3. The van der Waals surface area contributed by atoms with E-state index in [0.717, 1.165) is 25.7 Å². The number of benzene rings is 2. The number of piperazine rings is 1. The molecule has 2 aromatic rings. The van der Waals surface area contributed by atoms with Gasteiger partial charge in [-0.2, -0.15) is 0 Å². The quantitative estimate of drug-likeness (QED) is 0.716. The van der Waals surface area contributed by atoms with Crippen LogP contribution < -0.4 is 10.1 Å². The molecule has 6 nitrogen and oxygen atoms in total. The molecule has 1 aliphatic heterocycles. The number of carbonyl (C=O) groups excluding carboxylic acids is 2. The fourth-order valence-corrected chi connectivity index (χ4v) is 5.03. The van der Waals surface area contributed by atoms with E-state index in [1.54, 1.807) is 38.3 Å². The van der Waals surface area contributed by atoms with Crippen molar-refractivity contribution in [2.45, 2.75) is 38.6 Å². The number of carbonyl (C=O) groups is 2. The van der Waals surface area contributed by atoms with Crippen molar-refractivity contribution in [3.05, 3.63) is 59.4 Å². The topological polar surface area (TPSA) is 61.9 Å². The van der Waals surface area contributed by atoms with Crippen LogP contribution in [0.5, 0.6) is 5.75 Å². The molecule has 2 aliphatic rings. The van der Waals surface area contributed by atoms with Gasteiger partial charge in [-0.25, -0.2) is 4.39 Å². The summed E-state index contributed by atoms with van der Waals surface area (Å²) in [4.78, 5) is 30.4. The molecule has 7 heteroatoms. The van der Waals surface area contributed by atoms with Gasteiger partial charge in [0.05, 0.1) is 18.7 Å². The minimum atomic E-state index is -0.325. The summed E-state index contributed by atoms with van der Waals surface area (Å²) in [6, 6.07) is 11.8. The van der Waals surface area contributed by atoms with E-state index in [4.69, 9.17) is 4.74 Å². The first-order chi connectivity index (χ1) is 16.0. The maximum atomic E-state index is 14.0. The molecule has 2 amide bonds. The third kappa shape index (κ3) is 5.19. The van der Waals surface area contributed by atoms with Gasteiger partial charge in [-0.3, -0.25) is 14.5 Å². The first-order valence-electron chi connectivity index (χ1n) is 11.7. The standard InChI is InChI=1S/C26H32FN3O3/c1-18-11-12-20(17-22(18)27)28-25(31)24(19-7-3-4-8-19)29-13-15-30(16-14-29)26(32)21-9-5-6-10-23(21)33-2/h5-6,9-12,17,19,24H,3-4,7-8,13-16H2,1-2H3,(H,28,31). The van der Waals surface area contributed by atoms with E-state index < -0.39 is 0 Å². The Hall–Kier alpha value is -2.93. The highest BCUT2D eigenvalue weighted by molar-refractivity contribution is 5.97. The molecule has 1 saturated heterocycles. The molecule has 4 rings (SSSR count). The number of hydrogen-bond acceptors (Lipinski definition) is 4. The van der Waals surface area contributed by atoms with Gasteiger partial charge in [-0.05, 0) is 55.5 Å². The third-order valence-electron chi connectivity index (χ3n) is 6.89. The van der Waals surface area contributed by atoms with E-state index in [-0.39, 0.29) is 29.6 Å². The molecule has 0 spiro atoms. The summed E-state index contributed by atoms with van der Waals surface area (Å²) in [7, 11) is 1.56. The van der Waals surface area contributed by atoms with Crippen LogP contribution in [0.4, 0.5) is 10.1 Å². The second-order valence-corrected chi connectivity index (χ2v) is 8.97. The monoisotopic (exact) mass is 453 g/mol. The molecule has 1 unspecified atom stereocenters. The van der Waals surface area contributed by atoms with Crippen molar-refractivity contribution in [1.29, 1.82) is 0 Å². The lowest BCUT2D eigenvalue weighted by Crippen LogP contribution is -2.57. The lowest BCUT2D eigenvalue weighted by molar-refractivity contribution is -0.123. The van der Waals surface area contributed by atoms with Crippen molar-refractivity contribution >= 4 is 17.5 Å². The van der Waals surface area contributed by atoms with E-state index in [9.17, 15) is 14.0 Å². The molecule has 176 valence electrons. The van der Waals surface area contributed by atoms with Crippen LogP contribution in [0.25, 0.3) is 0 Å². The lowest BCUT2D eigenvalue weighted by atomic mass is 9.94. The number of ether oxygens (including phenoxy) is 1. The first-order valence-corrected chi connectivity index (χ1v) is 11.7. The predicted molar refractivity (Wildman–Crippen MR) is 126 cm³/mol. The zero-order chi connectivity index (χ0) is 23.4. The average molecular weight is 454 g/mol. The Balaban J connectivity index is 1.45. The second kappa shape index (κ2) is 10.3. The third-order valence-corrected chi connectivity index (χ3v) is 6.89. The molecule has 1 saturated carbocycles. The van der Waals surface area contributed by atoms with Crippen molar-refractivity contribution in [3.8, 4) is 5.75 Å². The van der Waals surface area contributed by atoms with Gasteiger partial charge >= 0.3 is 0 Å². The highest BCUT2D eigenvalue weighted by atomic mass is 19.1. The number of hydrogen-bond donors (Lipinski definition) is 1. The molecule has 2 fully saturated rings. The molecule has 1 heterocycles. The Labute approximate surface area is 194 Å². The van der Waals surface area contributed by atoms with Gasteiger partial charge in [0.15, 0.2) is 0 Å². The first kappa shape index (κ1) is 23.2. The molecule has 1 atom stereocenters. The second-order valence-electron chi connectivity index (χ2n) is 8.97. The summed E-state index contributed by atoms with van der Waals surface area (Å²) >= 11 is 0. The number of amides is 2. The fraction of sp³-hybridized carbons (Fsp3) is 0.462. The summed E-state index contributed by atoms with van der Waals surface area (Å²) in [6.07, 6.45) is 4.28. The van der Waals surface area contributed by atoms with Gasteiger partial charge in [0.2, 0.25) is 5.91 Å². The number of aryl methyl sites for hydroxylation is 1. The van der Waals surface area contributed by atoms with Crippen LogP contribution >= 0.6 is 0 Å². The van der Waals surface area contributed by atoms with Gasteiger partial charge in [0.25, 0.3) is 5.91 Å². The largest absolute Gasteiger partial charge is 0.496 e. The Morgan fingerprint density at radius 1 is 1.06 bits per heavy atom. The van der Waals surface area contributed by atoms with E-state index in [1.165, 1.54) is 6.07 Å². The van der Waals surface area contributed by atoms with Crippen molar-refractivity contribution in [1.82, 2.24) is 9.80 Å². The number of nitrogens with one attached hydrogen (secondary N) is 1. The molecule has 2 aromatic carbocycles. The number of para-hydroxylation sites is 1. The van der Waals surface area contributed by atoms with E-state index >= 15 is 0 Å².